The number of non-ortho nitro benzene ring substituents is 1. The van der Waals surface area contributed by atoms with E-state index in [2.05, 4.69) is 3.63 Å². The third-order valence-electron chi connectivity index (χ3n) is 3.97. The van der Waals surface area contributed by atoms with Gasteiger partial charge < -0.3 is 0 Å². The van der Waals surface area contributed by atoms with Crippen LogP contribution in [0.25, 0.3) is 11.0 Å². The zero-order valence-electron chi connectivity index (χ0n) is 14.3. The summed E-state index contributed by atoms with van der Waals surface area (Å²) < 4.78 is 109. The lowest BCUT2D eigenvalue weighted by molar-refractivity contribution is -0.384. The van der Waals surface area contributed by atoms with Crippen LogP contribution in [0, 0.1) is 10.1 Å². The molecule has 1 aliphatic rings. The van der Waals surface area contributed by atoms with Crippen LogP contribution in [0.4, 0.5) is 32.0 Å². The van der Waals surface area contributed by atoms with E-state index in [0.29, 0.717) is 6.07 Å². The van der Waals surface area contributed by atoms with Crippen molar-refractivity contribution >= 4 is 37.1 Å². The first kappa shape index (κ1) is 22.1. The second-order valence-corrected chi connectivity index (χ2v) is 10.2. The molecule has 0 amide bonds. The van der Waals surface area contributed by atoms with Gasteiger partial charge in [-0.05, 0) is 23.3 Å². The summed E-state index contributed by atoms with van der Waals surface area (Å²) in [7, 11) is -12.0. The van der Waals surface area contributed by atoms with Gasteiger partial charge in [0.05, 0.1) is 4.92 Å². The highest BCUT2D eigenvalue weighted by Crippen LogP contribution is 2.80. The zero-order valence-corrected chi connectivity index (χ0v) is 15.9. The number of nitro groups is 1. The maximum atomic E-state index is 14.3. The summed E-state index contributed by atoms with van der Waals surface area (Å²) in [6.07, 6.45) is 0.823. The molecule has 0 radical (unpaired) electrons. The molecule has 30 heavy (non-hydrogen) atoms. The summed E-state index contributed by atoms with van der Waals surface area (Å²) in [5.41, 5.74) is -13.1. The molecule has 0 aromatic heterocycles. The second kappa shape index (κ2) is 6.99. The van der Waals surface area contributed by atoms with Crippen molar-refractivity contribution in [1.29, 1.82) is 0 Å². The van der Waals surface area contributed by atoms with Crippen molar-refractivity contribution in [2.75, 3.05) is 0 Å². The largest absolute Gasteiger partial charge is 0.523 e. The highest BCUT2D eigenvalue weighted by atomic mass is 32.3. The van der Waals surface area contributed by atoms with Crippen LogP contribution in [0.2, 0.25) is 0 Å². The smallest absolute Gasteiger partial charge is 0.258 e. The van der Waals surface area contributed by atoms with Crippen molar-refractivity contribution < 1.29 is 43.3 Å². The molecule has 14 heteroatoms. The zero-order chi connectivity index (χ0) is 22.5. The molecule has 2 aromatic rings. The number of rotatable bonds is 4. The highest BCUT2D eigenvalue weighted by molar-refractivity contribution is 8.41. The lowest BCUT2D eigenvalue weighted by Crippen LogP contribution is -2.32. The van der Waals surface area contributed by atoms with Gasteiger partial charge in [-0.2, -0.15) is 38.4 Å². The summed E-state index contributed by atoms with van der Waals surface area (Å²) in [6, 6.07) is 8.00. The van der Waals surface area contributed by atoms with Gasteiger partial charge in [0.1, 0.15) is 0 Å². The lowest BCUT2D eigenvalue weighted by Gasteiger charge is -2.39. The van der Waals surface area contributed by atoms with Crippen molar-refractivity contribution in [2.45, 2.75) is 15.9 Å². The Bertz CT molecular complexity index is 1160. The molecule has 0 spiro atoms. The molecule has 0 saturated heterocycles. The Morgan fingerprint density at radius 3 is 2.17 bits per heavy atom. The van der Waals surface area contributed by atoms with Crippen LogP contribution < -0.4 is 0 Å². The van der Waals surface area contributed by atoms with Crippen LogP contribution in [-0.2, 0) is 13.7 Å². The van der Waals surface area contributed by atoms with Crippen LogP contribution in [0.15, 0.2) is 53.4 Å². The first-order chi connectivity index (χ1) is 13.7. The summed E-state index contributed by atoms with van der Waals surface area (Å²) in [5, 5.41) is 11.0. The minimum atomic E-state index is -6.69. The Kier molecular flexibility index (Phi) is 5.15. The molecule has 0 fully saturated rings. The molecule has 2 aromatic carbocycles. The molecule has 0 aliphatic carbocycles. The predicted molar refractivity (Wildman–Crippen MR) is 95.4 cm³/mol. The fourth-order valence-corrected chi connectivity index (χ4v) is 7.26. The van der Waals surface area contributed by atoms with Gasteiger partial charge in [0.25, 0.3) is 5.69 Å². The number of hydrogen-bond donors (Lipinski definition) is 0. The van der Waals surface area contributed by atoms with Crippen molar-refractivity contribution in [1.82, 2.24) is 0 Å². The van der Waals surface area contributed by atoms with Crippen LogP contribution in [-0.4, -0.2) is 24.4 Å². The highest BCUT2D eigenvalue weighted by Gasteiger charge is 2.64. The molecule has 0 bridgehead atoms. The topological polar surface area (TPSA) is 86.5 Å². The Labute approximate surface area is 166 Å². The molecule has 1 aliphatic heterocycles. The molecule has 1 atom stereocenters. The van der Waals surface area contributed by atoms with E-state index in [1.54, 1.807) is 0 Å². The molecular weight excluding hydrogens is 464 g/mol. The van der Waals surface area contributed by atoms with E-state index in [1.807, 2.05) is 0 Å². The SMILES string of the molecule is O=[N+]([O-])c1cccc(C2=Cc3ccccc3S2(OS(=O)(=O)C(F)(F)F)C(F)(F)F)c1. The van der Waals surface area contributed by atoms with Crippen molar-refractivity contribution in [2.24, 2.45) is 0 Å². The van der Waals surface area contributed by atoms with E-state index in [1.165, 1.54) is 6.07 Å². The maximum absolute atomic E-state index is 14.3. The normalized spacial score (nSPS) is 21.5. The van der Waals surface area contributed by atoms with Gasteiger partial charge in [-0.15, -0.1) is 0 Å². The predicted octanol–water partition coefficient (Wildman–Crippen LogP) is 5.57. The van der Waals surface area contributed by atoms with E-state index in [0.717, 1.165) is 42.5 Å². The number of nitrogens with zero attached hydrogens (tertiary/aromatic N) is 1. The van der Waals surface area contributed by atoms with Crippen molar-refractivity contribution in [3.8, 4) is 0 Å². The maximum Gasteiger partial charge on any atom is 0.523 e. The number of fused-ring (bicyclic) bond motifs is 1. The van der Waals surface area contributed by atoms with E-state index >= 15 is 0 Å². The Morgan fingerprint density at radius 1 is 0.967 bits per heavy atom. The number of hydrogen-bond acceptors (Lipinski definition) is 5. The van der Waals surface area contributed by atoms with E-state index < -0.39 is 57.4 Å². The molecule has 1 unspecified atom stereocenters. The summed E-state index contributed by atoms with van der Waals surface area (Å²) in [6.45, 7) is 0. The van der Waals surface area contributed by atoms with Gasteiger partial charge in [0, 0.05) is 32.2 Å². The van der Waals surface area contributed by atoms with Crippen LogP contribution in [0.5, 0.6) is 0 Å². The Hall–Kier alpha value is -2.58. The first-order valence-corrected chi connectivity index (χ1v) is 10.6. The molecular formula is C16H9F6NO5S2. The monoisotopic (exact) mass is 473 g/mol. The molecule has 0 N–H and O–H groups in total. The first-order valence-electron chi connectivity index (χ1n) is 7.68. The Balaban J connectivity index is 2.36. The van der Waals surface area contributed by atoms with E-state index in [4.69, 9.17) is 0 Å². The van der Waals surface area contributed by atoms with Gasteiger partial charge in [-0.25, -0.2) is 0 Å². The van der Waals surface area contributed by atoms with Gasteiger partial charge in [-0.3, -0.25) is 10.1 Å². The molecule has 0 saturated carbocycles. The van der Waals surface area contributed by atoms with Crippen molar-refractivity contribution in [3.05, 3.63) is 69.8 Å². The number of alkyl halides is 6. The minimum Gasteiger partial charge on any atom is -0.258 e. The van der Waals surface area contributed by atoms with Gasteiger partial charge in [0.2, 0.25) is 0 Å². The fraction of sp³-hybridized carbons (Fsp3) is 0.125. The van der Waals surface area contributed by atoms with Crippen LogP contribution in [0.3, 0.4) is 0 Å². The van der Waals surface area contributed by atoms with Crippen molar-refractivity contribution in [3.63, 3.8) is 0 Å². The molecule has 6 nitrogen and oxygen atoms in total. The molecule has 3 rings (SSSR count). The fourth-order valence-electron chi connectivity index (χ4n) is 2.76. The molecule has 1 heterocycles. The van der Waals surface area contributed by atoms with Gasteiger partial charge in [-0.1, -0.05) is 30.3 Å². The molecule has 162 valence electrons. The number of benzene rings is 2. The van der Waals surface area contributed by atoms with E-state index in [-0.39, 0.29) is 5.56 Å². The third-order valence-corrected chi connectivity index (χ3v) is 8.68. The summed E-state index contributed by atoms with van der Waals surface area (Å²) in [4.78, 5) is 8.32. The number of nitro benzene ring substituents is 1. The van der Waals surface area contributed by atoms with E-state index in [9.17, 15) is 44.9 Å². The standard InChI is InChI=1S/C16H9F6NO5S2/c17-15(18,19)29(28-30(26,27)16(20,21)22)13-7-2-1-4-11(13)9-14(29)10-5-3-6-12(8-10)23(24)25/h1-9H. The van der Waals surface area contributed by atoms with Crippen LogP contribution >= 0.6 is 10.3 Å². The summed E-state index contributed by atoms with van der Waals surface area (Å²) in [5.74, 6) is 0. The average molecular weight is 473 g/mol. The average Bonchev–Trinajstić information content (AvgIpc) is 2.96. The van der Waals surface area contributed by atoms with Gasteiger partial charge >= 0.3 is 21.1 Å². The Morgan fingerprint density at radius 2 is 1.60 bits per heavy atom. The number of halogens is 6. The summed E-state index contributed by atoms with van der Waals surface area (Å²) >= 11 is 0. The lowest BCUT2D eigenvalue weighted by atomic mass is 10.1. The minimum absolute atomic E-state index is 0.219. The second-order valence-electron chi connectivity index (χ2n) is 5.82. The third kappa shape index (κ3) is 3.44. The van der Waals surface area contributed by atoms with Gasteiger partial charge in [0.15, 0.2) is 0 Å². The quantitative estimate of drug-likeness (QED) is 0.251. The van der Waals surface area contributed by atoms with Crippen LogP contribution in [0.1, 0.15) is 11.1 Å².